The number of imide groups is 1. The molecule has 0 saturated carbocycles. The van der Waals surface area contributed by atoms with Crippen molar-refractivity contribution in [3.05, 3.63) is 76.0 Å². The van der Waals surface area contributed by atoms with E-state index in [1.54, 1.807) is 29.8 Å². The van der Waals surface area contributed by atoms with E-state index in [1.807, 2.05) is 30.3 Å². The van der Waals surface area contributed by atoms with Crippen LogP contribution in [0.5, 0.6) is 0 Å². The van der Waals surface area contributed by atoms with Crippen molar-refractivity contribution >= 4 is 40.8 Å². The Morgan fingerprint density at radius 2 is 1.65 bits per heavy atom. The number of amides is 3. The van der Waals surface area contributed by atoms with Gasteiger partial charge >= 0.3 is 6.03 Å². The van der Waals surface area contributed by atoms with Crippen molar-refractivity contribution in [3.63, 3.8) is 0 Å². The summed E-state index contributed by atoms with van der Waals surface area (Å²) in [5.74, 6) is -0.578. The summed E-state index contributed by atoms with van der Waals surface area (Å²) < 4.78 is 1.62. The van der Waals surface area contributed by atoms with Crippen molar-refractivity contribution in [1.29, 1.82) is 0 Å². The van der Waals surface area contributed by atoms with Crippen molar-refractivity contribution in [2.45, 2.75) is 6.92 Å². The molecule has 1 aromatic heterocycles. The van der Waals surface area contributed by atoms with Gasteiger partial charge in [0.05, 0.1) is 38.9 Å². The standard InChI is InChI=1S/C18H14Cl2N4O2/c1-11-13(10-21-24(11)12-6-3-2-4-7-12)17(25)23-18(26)22-16-14(19)8-5-9-15(16)20/h2-10H,1H3,(H2,22,23,25,26). The van der Waals surface area contributed by atoms with E-state index in [2.05, 4.69) is 15.7 Å². The third-order valence-corrected chi connectivity index (χ3v) is 4.31. The second-order valence-corrected chi connectivity index (χ2v) is 6.21. The number of aromatic nitrogens is 2. The van der Waals surface area contributed by atoms with Gasteiger partial charge in [0.15, 0.2) is 0 Å². The summed E-state index contributed by atoms with van der Waals surface area (Å²) in [5.41, 5.74) is 1.95. The molecule has 3 amide bonds. The van der Waals surface area contributed by atoms with Crippen molar-refractivity contribution in [3.8, 4) is 5.69 Å². The average molecular weight is 389 g/mol. The highest BCUT2D eigenvalue weighted by Gasteiger charge is 2.18. The minimum atomic E-state index is -0.739. The fraction of sp³-hybridized carbons (Fsp3) is 0.0556. The Hall–Kier alpha value is -2.83. The van der Waals surface area contributed by atoms with Gasteiger partial charge in [-0.05, 0) is 31.2 Å². The van der Waals surface area contributed by atoms with Crippen LogP contribution in [0.1, 0.15) is 16.1 Å². The molecule has 3 aromatic rings. The first-order chi connectivity index (χ1) is 12.5. The zero-order valence-electron chi connectivity index (χ0n) is 13.7. The first-order valence-electron chi connectivity index (χ1n) is 7.64. The van der Waals surface area contributed by atoms with E-state index in [9.17, 15) is 9.59 Å². The number of nitrogens with one attached hydrogen (secondary N) is 2. The van der Waals surface area contributed by atoms with Crippen molar-refractivity contribution in [2.24, 2.45) is 0 Å². The Kier molecular flexibility index (Phi) is 5.25. The van der Waals surface area contributed by atoms with Crippen LogP contribution in [-0.2, 0) is 0 Å². The van der Waals surface area contributed by atoms with E-state index in [0.717, 1.165) is 5.69 Å². The second kappa shape index (κ2) is 7.59. The minimum absolute atomic E-state index is 0.234. The number of carbonyl (C=O) groups excluding carboxylic acids is 2. The summed E-state index contributed by atoms with van der Waals surface area (Å²) in [7, 11) is 0. The maximum absolute atomic E-state index is 12.4. The summed E-state index contributed by atoms with van der Waals surface area (Å²) in [4.78, 5) is 24.5. The fourth-order valence-electron chi connectivity index (χ4n) is 2.39. The molecule has 1 heterocycles. The normalized spacial score (nSPS) is 10.4. The number of rotatable bonds is 3. The molecule has 0 spiro atoms. The molecule has 0 saturated heterocycles. The maximum Gasteiger partial charge on any atom is 0.326 e. The van der Waals surface area contributed by atoms with Gasteiger partial charge in [-0.2, -0.15) is 5.10 Å². The first-order valence-corrected chi connectivity index (χ1v) is 8.39. The third kappa shape index (κ3) is 3.71. The van der Waals surface area contributed by atoms with Gasteiger partial charge in [-0.1, -0.05) is 47.5 Å². The van der Waals surface area contributed by atoms with Gasteiger partial charge in [0.25, 0.3) is 5.91 Å². The average Bonchev–Trinajstić information content (AvgIpc) is 3.00. The highest BCUT2D eigenvalue weighted by molar-refractivity contribution is 6.39. The van der Waals surface area contributed by atoms with Gasteiger partial charge in [-0.25, -0.2) is 9.48 Å². The Labute approximate surface area is 159 Å². The molecule has 0 fully saturated rings. The van der Waals surface area contributed by atoms with Gasteiger partial charge in [-0.3, -0.25) is 10.1 Å². The molecule has 2 N–H and O–H groups in total. The zero-order valence-corrected chi connectivity index (χ0v) is 15.2. The van der Waals surface area contributed by atoms with Crippen molar-refractivity contribution in [2.75, 3.05) is 5.32 Å². The zero-order chi connectivity index (χ0) is 18.7. The van der Waals surface area contributed by atoms with Gasteiger partial charge < -0.3 is 5.32 Å². The molecular formula is C18H14Cl2N4O2. The first kappa shape index (κ1) is 18.0. The lowest BCUT2D eigenvalue weighted by Crippen LogP contribution is -2.34. The van der Waals surface area contributed by atoms with Crippen LogP contribution in [0.4, 0.5) is 10.5 Å². The van der Waals surface area contributed by atoms with E-state index in [0.29, 0.717) is 5.69 Å². The minimum Gasteiger partial charge on any atom is -0.305 e. The lowest BCUT2D eigenvalue weighted by atomic mass is 10.2. The predicted molar refractivity (Wildman–Crippen MR) is 101 cm³/mol. The Morgan fingerprint density at radius 3 is 2.31 bits per heavy atom. The van der Waals surface area contributed by atoms with Crippen molar-refractivity contribution in [1.82, 2.24) is 15.1 Å². The number of hydrogen-bond donors (Lipinski definition) is 2. The molecule has 0 unspecified atom stereocenters. The van der Waals surface area contributed by atoms with Gasteiger partial charge in [0.2, 0.25) is 0 Å². The third-order valence-electron chi connectivity index (χ3n) is 3.68. The van der Waals surface area contributed by atoms with E-state index >= 15 is 0 Å². The van der Waals surface area contributed by atoms with E-state index in [1.165, 1.54) is 6.20 Å². The largest absolute Gasteiger partial charge is 0.326 e. The lowest BCUT2D eigenvalue weighted by molar-refractivity contribution is 0.0966. The van der Waals surface area contributed by atoms with Gasteiger partial charge in [0, 0.05) is 0 Å². The summed E-state index contributed by atoms with van der Waals surface area (Å²) in [6.45, 7) is 1.75. The Morgan fingerprint density at radius 1 is 1.00 bits per heavy atom. The number of urea groups is 1. The molecule has 0 radical (unpaired) electrons. The second-order valence-electron chi connectivity index (χ2n) is 5.40. The molecule has 0 atom stereocenters. The molecule has 0 aliphatic carbocycles. The van der Waals surface area contributed by atoms with Crippen LogP contribution in [-0.4, -0.2) is 21.7 Å². The molecular weight excluding hydrogens is 375 g/mol. The summed E-state index contributed by atoms with van der Waals surface area (Å²) in [6.07, 6.45) is 1.41. The molecule has 132 valence electrons. The van der Waals surface area contributed by atoms with Crippen molar-refractivity contribution < 1.29 is 9.59 Å². The SMILES string of the molecule is Cc1c(C(=O)NC(=O)Nc2c(Cl)cccc2Cl)cnn1-c1ccccc1. The highest BCUT2D eigenvalue weighted by Crippen LogP contribution is 2.29. The molecule has 3 rings (SSSR count). The number of carbonyl (C=O) groups is 2. The number of para-hydroxylation sites is 2. The molecule has 6 nitrogen and oxygen atoms in total. The molecule has 0 aliphatic heterocycles. The highest BCUT2D eigenvalue weighted by atomic mass is 35.5. The smallest absolute Gasteiger partial charge is 0.305 e. The van der Waals surface area contributed by atoms with E-state index < -0.39 is 11.9 Å². The van der Waals surface area contributed by atoms with Gasteiger partial charge in [-0.15, -0.1) is 0 Å². The number of benzene rings is 2. The number of nitrogens with zero attached hydrogens (tertiary/aromatic N) is 2. The topological polar surface area (TPSA) is 76.0 Å². The van der Waals surface area contributed by atoms with E-state index in [-0.39, 0.29) is 21.3 Å². The van der Waals surface area contributed by atoms with E-state index in [4.69, 9.17) is 23.2 Å². The molecule has 8 heteroatoms. The molecule has 26 heavy (non-hydrogen) atoms. The molecule has 2 aromatic carbocycles. The monoisotopic (exact) mass is 388 g/mol. The maximum atomic E-state index is 12.4. The van der Waals surface area contributed by atoms with Crippen LogP contribution in [0, 0.1) is 6.92 Å². The lowest BCUT2D eigenvalue weighted by Gasteiger charge is -2.10. The fourth-order valence-corrected chi connectivity index (χ4v) is 2.89. The number of anilines is 1. The van der Waals surface area contributed by atoms with Crippen LogP contribution in [0.15, 0.2) is 54.7 Å². The summed E-state index contributed by atoms with van der Waals surface area (Å²) in [6, 6.07) is 13.4. The molecule has 0 aliphatic rings. The van der Waals surface area contributed by atoms with Crippen LogP contribution >= 0.6 is 23.2 Å². The van der Waals surface area contributed by atoms with Crippen LogP contribution in [0.25, 0.3) is 5.69 Å². The molecule has 0 bridgehead atoms. The van der Waals surface area contributed by atoms with Crippen LogP contribution < -0.4 is 10.6 Å². The number of halogens is 2. The van der Waals surface area contributed by atoms with Crippen LogP contribution in [0.3, 0.4) is 0 Å². The number of hydrogen-bond acceptors (Lipinski definition) is 3. The quantitative estimate of drug-likeness (QED) is 0.695. The summed E-state index contributed by atoms with van der Waals surface area (Å²) in [5, 5.41) is 9.47. The van der Waals surface area contributed by atoms with Gasteiger partial charge in [0.1, 0.15) is 0 Å². The summed E-state index contributed by atoms with van der Waals surface area (Å²) >= 11 is 12.0. The Bertz CT molecular complexity index is 950. The predicted octanol–water partition coefficient (Wildman–Crippen LogP) is 4.45. The van der Waals surface area contributed by atoms with Crippen LogP contribution in [0.2, 0.25) is 10.0 Å². The Balaban J connectivity index is 1.75.